The van der Waals surface area contributed by atoms with Crippen LogP contribution in [-0.2, 0) is 0 Å². The van der Waals surface area contributed by atoms with Crippen LogP contribution in [0.1, 0.15) is 17.3 Å². The van der Waals surface area contributed by atoms with Crippen LogP contribution in [-0.4, -0.2) is 17.4 Å². The van der Waals surface area contributed by atoms with Crippen LogP contribution in [0, 0.1) is 0 Å². The number of rotatable bonds is 4. The Morgan fingerprint density at radius 1 is 1.25 bits per heavy atom. The highest BCUT2D eigenvalue weighted by molar-refractivity contribution is 6.35. The van der Waals surface area contributed by atoms with Gasteiger partial charge in [0.15, 0.2) is 0 Å². The third-order valence-corrected chi connectivity index (χ3v) is 3.12. The molecule has 104 valence electrons. The lowest BCUT2D eigenvalue weighted by Crippen LogP contribution is -2.13. The number of anilines is 2. The SMILES string of the molecule is CCNc1ccc(C(=O)Nc2cc(Cl)ccc2Cl)cn1. The maximum atomic E-state index is 12.1. The summed E-state index contributed by atoms with van der Waals surface area (Å²) in [6, 6.07) is 8.33. The van der Waals surface area contributed by atoms with E-state index in [0.29, 0.717) is 21.3 Å². The van der Waals surface area contributed by atoms with Gasteiger partial charge in [-0.3, -0.25) is 4.79 Å². The molecule has 4 nitrogen and oxygen atoms in total. The Kier molecular flexibility index (Phi) is 4.82. The molecule has 0 radical (unpaired) electrons. The fraction of sp³-hybridized carbons (Fsp3) is 0.143. The maximum absolute atomic E-state index is 12.1. The van der Waals surface area contributed by atoms with Crippen molar-refractivity contribution >= 4 is 40.6 Å². The zero-order valence-electron chi connectivity index (χ0n) is 10.8. The van der Waals surface area contributed by atoms with Crippen LogP contribution >= 0.6 is 23.2 Å². The van der Waals surface area contributed by atoms with E-state index in [1.807, 2.05) is 6.92 Å². The van der Waals surface area contributed by atoms with Crippen LogP contribution < -0.4 is 10.6 Å². The summed E-state index contributed by atoms with van der Waals surface area (Å²) in [4.78, 5) is 16.2. The molecule has 1 amide bonds. The summed E-state index contributed by atoms with van der Waals surface area (Å²) in [7, 11) is 0. The lowest BCUT2D eigenvalue weighted by Gasteiger charge is -2.08. The minimum atomic E-state index is -0.287. The van der Waals surface area contributed by atoms with Gasteiger partial charge in [0.1, 0.15) is 5.82 Å². The van der Waals surface area contributed by atoms with Crippen molar-refractivity contribution in [2.45, 2.75) is 6.92 Å². The van der Waals surface area contributed by atoms with Crippen molar-refractivity contribution in [3.05, 3.63) is 52.1 Å². The van der Waals surface area contributed by atoms with E-state index >= 15 is 0 Å². The smallest absolute Gasteiger partial charge is 0.257 e. The quantitative estimate of drug-likeness (QED) is 0.895. The Bertz CT molecular complexity index is 614. The van der Waals surface area contributed by atoms with Crippen molar-refractivity contribution in [3.63, 3.8) is 0 Å². The predicted molar refractivity (Wildman–Crippen MR) is 82.8 cm³/mol. The summed E-state index contributed by atoms with van der Waals surface area (Å²) in [5, 5.41) is 6.70. The Hall–Kier alpha value is -1.78. The van der Waals surface area contributed by atoms with Gasteiger partial charge in [-0.2, -0.15) is 0 Å². The molecule has 2 aromatic rings. The van der Waals surface area contributed by atoms with Crippen molar-refractivity contribution in [2.24, 2.45) is 0 Å². The topological polar surface area (TPSA) is 54.0 Å². The molecule has 1 aromatic heterocycles. The number of carbonyl (C=O) groups is 1. The molecule has 0 spiro atoms. The summed E-state index contributed by atoms with van der Waals surface area (Å²) in [5.41, 5.74) is 0.919. The second-order valence-electron chi connectivity index (χ2n) is 4.04. The monoisotopic (exact) mass is 309 g/mol. The van der Waals surface area contributed by atoms with Crippen molar-refractivity contribution < 1.29 is 4.79 Å². The first-order valence-electron chi connectivity index (χ1n) is 6.06. The van der Waals surface area contributed by atoms with Crippen LogP contribution in [0.2, 0.25) is 10.0 Å². The Morgan fingerprint density at radius 2 is 2.05 bits per heavy atom. The molecule has 2 rings (SSSR count). The number of benzene rings is 1. The largest absolute Gasteiger partial charge is 0.370 e. The van der Waals surface area contributed by atoms with Crippen molar-refractivity contribution in [1.29, 1.82) is 0 Å². The van der Waals surface area contributed by atoms with E-state index in [1.54, 1.807) is 30.3 Å². The number of aromatic nitrogens is 1. The molecule has 0 unspecified atom stereocenters. The van der Waals surface area contributed by atoms with Gasteiger partial charge in [0.25, 0.3) is 5.91 Å². The molecule has 0 saturated heterocycles. The average Bonchev–Trinajstić information content (AvgIpc) is 2.44. The first kappa shape index (κ1) is 14.6. The highest BCUT2D eigenvalue weighted by Crippen LogP contribution is 2.25. The third-order valence-electron chi connectivity index (χ3n) is 2.56. The molecular weight excluding hydrogens is 297 g/mol. The summed E-state index contributed by atoms with van der Waals surface area (Å²) < 4.78 is 0. The van der Waals surface area contributed by atoms with Crippen LogP contribution in [0.5, 0.6) is 0 Å². The van der Waals surface area contributed by atoms with E-state index in [2.05, 4.69) is 15.6 Å². The van der Waals surface area contributed by atoms with E-state index in [9.17, 15) is 4.79 Å². The minimum Gasteiger partial charge on any atom is -0.370 e. The Balaban J connectivity index is 2.13. The van der Waals surface area contributed by atoms with Crippen LogP contribution in [0.25, 0.3) is 0 Å². The fourth-order valence-electron chi connectivity index (χ4n) is 1.60. The van der Waals surface area contributed by atoms with E-state index in [-0.39, 0.29) is 5.91 Å². The number of halogens is 2. The number of hydrogen-bond acceptors (Lipinski definition) is 3. The van der Waals surface area contributed by atoms with E-state index in [4.69, 9.17) is 23.2 Å². The normalized spacial score (nSPS) is 10.2. The van der Waals surface area contributed by atoms with E-state index < -0.39 is 0 Å². The average molecular weight is 310 g/mol. The highest BCUT2D eigenvalue weighted by atomic mass is 35.5. The van der Waals surface area contributed by atoms with Gasteiger partial charge >= 0.3 is 0 Å². The molecule has 2 N–H and O–H groups in total. The van der Waals surface area contributed by atoms with E-state index in [1.165, 1.54) is 6.20 Å². The molecule has 0 aliphatic heterocycles. The molecule has 0 atom stereocenters. The molecule has 20 heavy (non-hydrogen) atoms. The summed E-state index contributed by atoms with van der Waals surface area (Å²) in [5.74, 6) is 0.439. The van der Waals surface area contributed by atoms with Crippen molar-refractivity contribution in [3.8, 4) is 0 Å². The number of amides is 1. The van der Waals surface area contributed by atoms with Crippen molar-refractivity contribution in [2.75, 3.05) is 17.2 Å². The maximum Gasteiger partial charge on any atom is 0.257 e. The highest BCUT2D eigenvalue weighted by Gasteiger charge is 2.09. The number of pyridine rings is 1. The summed E-state index contributed by atoms with van der Waals surface area (Å²) >= 11 is 11.9. The Morgan fingerprint density at radius 3 is 2.70 bits per heavy atom. The first-order chi connectivity index (χ1) is 9.60. The standard InChI is InChI=1S/C14H13Cl2N3O/c1-2-17-13-6-3-9(8-18-13)14(20)19-12-7-10(15)4-5-11(12)16/h3-8H,2H2,1H3,(H,17,18)(H,19,20). The van der Waals surface area contributed by atoms with Gasteiger partial charge in [-0.25, -0.2) is 4.98 Å². The van der Waals surface area contributed by atoms with Gasteiger partial charge < -0.3 is 10.6 Å². The number of carbonyl (C=O) groups excluding carboxylic acids is 1. The van der Waals surface area contributed by atoms with Gasteiger partial charge in [-0.1, -0.05) is 23.2 Å². The second kappa shape index (κ2) is 6.59. The summed E-state index contributed by atoms with van der Waals surface area (Å²) in [6.07, 6.45) is 1.51. The van der Waals surface area contributed by atoms with Gasteiger partial charge in [0, 0.05) is 17.8 Å². The van der Waals surface area contributed by atoms with Crippen LogP contribution in [0.15, 0.2) is 36.5 Å². The minimum absolute atomic E-state index is 0.287. The van der Waals surface area contributed by atoms with Gasteiger partial charge in [-0.15, -0.1) is 0 Å². The van der Waals surface area contributed by atoms with Crippen LogP contribution in [0.3, 0.4) is 0 Å². The molecular formula is C14H13Cl2N3O. The first-order valence-corrected chi connectivity index (χ1v) is 6.82. The number of hydrogen-bond donors (Lipinski definition) is 2. The van der Waals surface area contributed by atoms with Gasteiger partial charge in [0.2, 0.25) is 0 Å². The molecule has 6 heteroatoms. The third kappa shape index (κ3) is 3.62. The lowest BCUT2D eigenvalue weighted by molar-refractivity contribution is 0.102. The summed E-state index contributed by atoms with van der Waals surface area (Å²) in [6.45, 7) is 2.75. The van der Waals surface area contributed by atoms with E-state index in [0.717, 1.165) is 12.4 Å². The molecule has 0 fully saturated rings. The Labute approximate surface area is 127 Å². The zero-order valence-corrected chi connectivity index (χ0v) is 12.3. The predicted octanol–water partition coefficient (Wildman–Crippen LogP) is 4.07. The molecule has 1 aromatic carbocycles. The van der Waals surface area contributed by atoms with Crippen LogP contribution in [0.4, 0.5) is 11.5 Å². The molecule has 1 heterocycles. The lowest BCUT2D eigenvalue weighted by atomic mass is 10.2. The second-order valence-corrected chi connectivity index (χ2v) is 4.88. The molecule has 0 aliphatic rings. The molecule has 0 saturated carbocycles. The van der Waals surface area contributed by atoms with Crippen molar-refractivity contribution in [1.82, 2.24) is 4.98 Å². The molecule has 0 aliphatic carbocycles. The van der Waals surface area contributed by atoms with Gasteiger partial charge in [-0.05, 0) is 37.3 Å². The number of nitrogens with one attached hydrogen (secondary N) is 2. The fourth-order valence-corrected chi connectivity index (χ4v) is 1.94. The number of nitrogens with zero attached hydrogens (tertiary/aromatic N) is 1. The van der Waals surface area contributed by atoms with Gasteiger partial charge in [0.05, 0.1) is 16.3 Å². The zero-order chi connectivity index (χ0) is 14.5. The molecule has 0 bridgehead atoms.